The van der Waals surface area contributed by atoms with Crippen LogP contribution in [0.5, 0.6) is 5.75 Å². The van der Waals surface area contributed by atoms with Crippen LogP contribution < -0.4 is 10.1 Å². The third-order valence-corrected chi connectivity index (χ3v) is 3.03. The number of benzene rings is 1. The Kier molecular flexibility index (Phi) is 4.09. The summed E-state index contributed by atoms with van der Waals surface area (Å²) in [6.07, 6.45) is 1.53. The van der Waals surface area contributed by atoms with E-state index in [4.69, 9.17) is 16.3 Å². The molecule has 1 fully saturated rings. The van der Waals surface area contributed by atoms with Crippen LogP contribution in [0.3, 0.4) is 0 Å². The summed E-state index contributed by atoms with van der Waals surface area (Å²) in [6.45, 7) is 1.62. The minimum absolute atomic E-state index is 0.0375. The zero-order valence-electron chi connectivity index (χ0n) is 10.1. The highest BCUT2D eigenvalue weighted by molar-refractivity contribution is 6.32. The summed E-state index contributed by atoms with van der Waals surface area (Å²) in [7, 11) is 0. The lowest BCUT2D eigenvalue weighted by Gasteiger charge is -2.10. The Morgan fingerprint density at radius 2 is 2.33 bits per heavy atom. The first-order valence-electron chi connectivity index (χ1n) is 5.96. The molecule has 1 aliphatic carbocycles. The summed E-state index contributed by atoms with van der Waals surface area (Å²) >= 11 is 6.01. The molecule has 1 aromatic rings. The molecule has 0 aliphatic heterocycles. The summed E-state index contributed by atoms with van der Waals surface area (Å²) in [5, 5.41) is 12.6. The molecule has 0 radical (unpaired) electrons. The Bertz CT molecular complexity index is 444. The van der Waals surface area contributed by atoms with Crippen molar-refractivity contribution in [1.29, 1.82) is 0 Å². The van der Waals surface area contributed by atoms with Gasteiger partial charge in [0.2, 0.25) is 0 Å². The lowest BCUT2D eigenvalue weighted by molar-refractivity contribution is -0.123. The molecule has 2 N–H and O–H groups in total. The molecule has 0 spiro atoms. The van der Waals surface area contributed by atoms with Gasteiger partial charge in [-0.3, -0.25) is 4.79 Å². The molecule has 0 bridgehead atoms. The minimum atomic E-state index is -0.574. The second-order valence-electron chi connectivity index (χ2n) is 4.50. The Morgan fingerprint density at radius 3 is 2.89 bits per heavy atom. The number of aliphatic hydroxyl groups is 1. The van der Waals surface area contributed by atoms with Crippen molar-refractivity contribution in [3.63, 3.8) is 0 Å². The first-order chi connectivity index (χ1) is 8.56. The molecule has 0 saturated heterocycles. The lowest BCUT2D eigenvalue weighted by Crippen LogP contribution is -2.30. The number of nitrogens with one attached hydrogen (secondary N) is 1. The zero-order chi connectivity index (χ0) is 13.1. The molecule has 0 unspecified atom stereocenters. The van der Waals surface area contributed by atoms with Gasteiger partial charge < -0.3 is 15.2 Å². The molecular weight excluding hydrogens is 254 g/mol. The molecular formula is C13H16ClNO3. The van der Waals surface area contributed by atoms with Crippen LogP contribution in [-0.2, 0) is 4.79 Å². The number of ether oxygens (including phenoxy) is 1. The van der Waals surface area contributed by atoms with E-state index in [0.717, 1.165) is 18.4 Å². The largest absolute Gasteiger partial charge is 0.482 e. The molecule has 1 amide bonds. The Hall–Kier alpha value is -1.26. The summed E-state index contributed by atoms with van der Waals surface area (Å²) in [5.41, 5.74) is 0.717. The quantitative estimate of drug-likeness (QED) is 0.860. The standard InChI is InChI=1S/C13H16ClNO3/c1-8(16)9-2-5-12(11(14)6-9)18-7-13(17)15-10-3-4-10/h2,5-6,8,10,16H,3-4,7H2,1H3,(H,15,17)/t8-/m0/s1. The number of hydrogen-bond acceptors (Lipinski definition) is 3. The first-order valence-corrected chi connectivity index (χ1v) is 6.33. The fourth-order valence-electron chi connectivity index (χ4n) is 1.53. The zero-order valence-corrected chi connectivity index (χ0v) is 10.9. The van der Waals surface area contributed by atoms with Gasteiger partial charge in [0.25, 0.3) is 5.91 Å². The van der Waals surface area contributed by atoms with Crippen LogP contribution in [0.2, 0.25) is 5.02 Å². The molecule has 1 saturated carbocycles. The Balaban J connectivity index is 1.90. The third-order valence-electron chi connectivity index (χ3n) is 2.74. The Labute approximate surface area is 111 Å². The normalized spacial score (nSPS) is 16.2. The summed E-state index contributed by atoms with van der Waals surface area (Å²) in [4.78, 5) is 11.4. The average Bonchev–Trinajstić information content (AvgIpc) is 3.11. The van der Waals surface area contributed by atoms with E-state index < -0.39 is 6.10 Å². The molecule has 1 aromatic carbocycles. The smallest absolute Gasteiger partial charge is 0.258 e. The lowest BCUT2D eigenvalue weighted by atomic mass is 10.1. The van der Waals surface area contributed by atoms with Gasteiger partial charge in [0, 0.05) is 6.04 Å². The van der Waals surface area contributed by atoms with E-state index in [1.807, 2.05) is 0 Å². The van der Waals surface area contributed by atoms with E-state index in [0.29, 0.717) is 16.8 Å². The first kappa shape index (κ1) is 13.2. The number of halogens is 1. The predicted molar refractivity (Wildman–Crippen MR) is 68.7 cm³/mol. The molecule has 5 heteroatoms. The number of carbonyl (C=O) groups excluding carboxylic acids is 1. The number of amides is 1. The highest BCUT2D eigenvalue weighted by atomic mass is 35.5. The number of carbonyl (C=O) groups is 1. The van der Waals surface area contributed by atoms with Crippen molar-refractivity contribution in [3.8, 4) is 5.75 Å². The summed E-state index contributed by atoms with van der Waals surface area (Å²) in [5.74, 6) is 0.320. The van der Waals surface area contributed by atoms with Crippen LogP contribution in [0.25, 0.3) is 0 Å². The molecule has 98 valence electrons. The molecule has 2 rings (SSSR count). The van der Waals surface area contributed by atoms with Crippen molar-refractivity contribution in [3.05, 3.63) is 28.8 Å². The fraction of sp³-hybridized carbons (Fsp3) is 0.462. The van der Waals surface area contributed by atoms with Gasteiger partial charge >= 0.3 is 0 Å². The van der Waals surface area contributed by atoms with Crippen molar-refractivity contribution < 1.29 is 14.6 Å². The maximum atomic E-state index is 11.4. The van der Waals surface area contributed by atoms with Crippen LogP contribution in [0.15, 0.2) is 18.2 Å². The van der Waals surface area contributed by atoms with Crippen LogP contribution in [0.1, 0.15) is 31.4 Å². The van der Waals surface area contributed by atoms with Crippen LogP contribution in [0.4, 0.5) is 0 Å². The van der Waals surface area contributed by atoms with Gasteiger partial charge in [-0.25, -0.2) is 0 Å². The number of aliphatic hydroxyl groups excluding tert-OH is 1. The predicted octanol–water partition coefficient (Wildman–Crippen LogP) is 2.05. The van der Waals surface area contributed by atoms with Crippen molar-refractivity contribution in [2.75, 3.05) is 6.61 Å². The number of hydrogen-bond donors (Lipinski definition) is 2. The van der Waals surface area contributed by atoms with E-state index in [9.17, 15) is 9.90 Å². The fourth-order valence-corrected chi connectivity index (χ4v) is 1.78. The second-order valence-corrected chi connectivity index (χ2v) is 4.90. The summed E-state index contributed by atoms with van der Waals surface area (Å²) in [6, 6.07) is 5.36. The van der Waals surface area contributed by atoms with Crippen molar-refractivity contribution in [2.24, 2.45) is 0 Å². The van der Waals surface area contributed by atoms with Crippen molar-refractivity contribution in [2.45, 2.75) is 31.9 Å². The van der Waals surface area contributed by atoms with Gasteiger partial charge in [0.15, 0.2) is 6.61 Å². The monoisotopic (exact) mass is 269 g/mol. The molecule has 1 atom stereocenters. The van der Waals surface area contributed by atoms with Gasteiger partial charge in [-0.15, -0.1) is 0 Å². The van der Waals surface area contributed by atoms with Crippen LogP contribution in [0, 0.1) is 0 Å². The molecule has 18 heavy (non-hydrogen) atoms. The van der Waals surface area contributed by atoms with Gasteiger partial charge in [0.05, 0.1) is 11.1 Å². The summed E-state index contributed by atoms with van der Waals surface area (Å²) < 4.78 is 5.34. The highest BCUT2D eigenvalue weighted by Gasteiger charge is 2.23. The molecule has 4 nitrogen and oxygen atoms in total. The molecule has 1 aliphatic rings. The minimum Gasteiger partial charge on any atom is -0.482 e. The Morgan fingerprint density at radius 1 is 1.61 bits per heavy atom. The number of rotatable bonds is 5. The topological polar surface area (TPSA) is 58.6 Å². The van der Waals surface area contributed by atoms with Crippen LogP contribution >= 0.6 is 11.6 Å². The van der Waals surface area contributed by atoms with E-state index in [2.05, 4.69) is 5.32 Å². The van der Waals surface area contributed by atoms with Gasteiger partial charge in [0.1, 0.15) is 5.75 Å². The third kappa shape index (κ3) is 3.62. The maximum absolute atomic E-state index is 11.4. The second kappa shape index (κ2) is 5.59. The highest BCUT2D eigenvalue weighted by Crippen LogP contribution is 2.27. The molecule has 0 heterocycles. The average molecular weight is 270 g/mol. The van der Waals surface area contributed by atoms with E-state index in [-0.39, 0.29) is 12.5 Å². The van der Waals surface area contributed by atoms with E-state index in [1.54, 1.807) is 25.1 Å². The molecule has 0 aromatic heterocycles. The van der Waals surface area contributed by atoms with Crippen molar-refractivity contribution in [1.82, 2.24) is 5.32 Å². The van der Waals surface area contributed by atoms with Crippen LogP contribution in [-0.4, -0.2) is 23.7 Å². The van der Waals surface area contributed by atoms with Gasteiger partial charge in [-0.2, -0.15) is 0 Å². The van der Waals surface area contributed by atoms with Gasteiger partial charge in [-0.1, -0.05) is 17.7 Å². The van der Waals surface area contributed by atoms with E-state index in [1.165, 1.54) is 0 Å². The van der Waals surface area contributed by atoms with E-state index >= 15 is 0 Å². The maximum Gasteiger partial charge on any atom is 0.258 e. The SMILES string of the molecule is C[C@H](O)c1ccc(OCC(=O)NC2CC2)c(Cl)c1. The van der Waals surface area contributed by atoms with Crippen molar-refractivity contribution >= 4 is 17.5 Å². The van der Waals surface area contributed by atoms with Gasteiger partial charge in [-0.05, 0) is 37.5 Å².